The van der Waals surface area contributed by atoms with Crippen LogP contribution in [0.4, 0.5) is 0 Å². The smallest absolute Gasteiger partial charge is 0.123 e. The van der Waals surface area contributed by atoms with Gasteiger partial charge in [-0.1, -0.05) is 17.7 Å². The Labute approximate surface area is 102 Å². The van der Waals surface area contributed by atoms with Crippen molar-refractivity contribution < 1.29 is 9.47 Å². The number of aryl methyl sites for hydroxylation is 1. The molecular formula is C13H20N2O2. The quantitative estimate of drug-likeness (QED) is 0.617. The summed E-state index contributed by atoms with van der Waals surface area (Å²) in [6.07, 6.45) is 2.26. The van der Waals surface area contributed by atoms with Crippen LogP contribution in [0, 0.1) is 6.92 Å². The van der Waals surface area contributed by atoms with E-state index >= 15 is 0 Å². The molecule has 0 amide bonds. The summed E-state index contributed by atoms with van der Waals surface area (Å²) >= 11 is 0. The number of hydrazine groups is 1. The van der Waals surface area contributed by atoms with Crippen molar-refractivity contribution in [3.05, 3.63) is 29.3 Å². The van der Waals surface area contributed by atoms with Crippen molar-refractivity contribution in [2.75, 3.05) is 13.7 Å². The Kier molecular flexibility index (Phi) is 3.99. The zero-order valence-corrected chi connectivity index (χ0v) is 10.4. The van der Waals surface area contributed by atoms with Crippen LogP contribution in [0.5, 0.6) is 5.75 Å². The maximum atomic E-state index is 5.70. The normalized spacial score (nSPS) is 21.5. The zero-order valence-electron chi connectivity index (χ0n) is 10.4. The first-order chi connectivity index (χ1) is 8.26. The van der Waals surface area contributed by atoms with Crippen LogP contribution in [0.25, 0.3) is 0 Å². The number of ether oxygens (including phenoxy) is 2. The molecular weight excluding hydrogens is 216 g/mol. The first-order valence-electron chi connectivity index (χ1n) is 5.98. The lowest BCUT2D eigenvalue weighted by atomic mass is 9.97. The summed E-state index contributed by atoms with van der Waals surface area (Å²) in [5.41, 5.74) is 5.12. The summed E-state index contributed by atoms with van der Waals surface area (Å²) < 4.78 is 11.1. The summed E-state index contributed by atoms with van der Waals surface area (Å²) in [6.45, 7) is 2.88. The van der Waals surface area contributed by atoms with E-state index in [1.807, 2.05) is 12.1 Å². The van der Waals surface area contributed by atoms with Gasteiger partial charge in [-0.25, -0.2) is 0 Å². The van der Waals surface area contributed by atoms with Gasteiger partial charge in [-0.05, 0) is 25.8 Å². The van der Waals surface area contributed by atoms with Gasteiger partial charge in [0.05, 0.1) is 19.3 Å². The topological polar surface area (TPSA) is 56.5 Å². The fourth-order valence-corrected chi connectivity index (χ4v) is 2.36. The van der Waals surface area contributed by atoms with Crippen molar-refractivity contribution in [1.29, 1.82) is 0 Å². The lowest BCUT2D eigenvalue weighted by molar-refractivity contribution is 0.0775. The van der Waals surface area contributed by atoms with E-state index in [0.717, 1.165) is 30.8 Å². The molecule has 1 fully saturated rings. The molecule has 4 nitrogen and oxygen atoms in total. The van der Waals surface area contributed by atoms with E-state index in [4.69, 9.17) is 15.3 Å². The summed E-state index contributed by atoms with van der Waals surface area (Å²) in [4.78, 5) is 0. The van der Waals surface area contributed by atoms with Crippen LogP contribution in [-0.4, -0.2) is 19.8 Å². The van der Waals surface area contributed by atoms with Crippen LogP contribution in [0.2, 0.25) is 0 Å². The molecule has 0 aliphatic carbocycles. The third-order valence-corrected chi connectivity index (χ3v) is 3.24. The third kappa shape index (κ3) is 2.60. The summed E-state index contributed by atoms with van der Waals surface area (Å²) in [6, 6.07) is 6.10. The molecule has 1 aliphatic rings. The highest BCUT2D eigenvalue weighted by molar-refractivity contribution is 5.39. The molecule has 0 spiro atoms. The van der Waals surface area contributed by atoms with E-state index in [1.165, 1.54) is 5.56 Å². The van der Waals surface area contributed by atoms with Crippen LogP contribution in [0.15, 0.2) is 18.2 Å². The standard InChI is InChI=1S/C13H20N2O2/c1-9-5-6-11(16-2)10(8-9)13(15-14)12-4-3-7-17-12/h5-6,8,12-13,15H,3-4,7,14H2,1-2H3. The SMILES string of the molecule is COc1ccc(C)cc1C(NN)C1CCCO1. The van der Waals surface area contributed by atoms with Gasteiger partial charge in [0.1, 0.15) is 5.75 Å². The lowest BCUT2D eigenvalue weighted by Crippen LogP contribution is -2.36. The highest BCUT2D eigenvalue weighted by Crippen LogP contribution is 2.32. The van der Waals surface area contributed by atoms with Gasteiger partial charge < -0.3 is 9.47 Å². The fourth-order valence-electron chi connectivity index (χ4n) is 2.36. The Morgan fingerprint density at radius 2 is 2.35 bits per heavy atom. The molecule has 2 unspecified atom stereocenters. The number of hydrogen-bond donors (Lipinski definition) is 2. The first kappa shape index (κ1) is 12.4. The molecule has 1 saturated heterocycles. The molecule has 1 aromatic carbocycles. The molecule has 17 heavy (non-hydrogen) atoms. The number of rotatable bonds is 4. The minimum atomic E-state index is -0.00708. The van der Waals surface area contributed by atoms with E-state index in [9.17, 15) is 0 Å². The second-order valence-corrected chi connectivity index (χ2v) is 4.44. The van der Waals surface area contributed by atoms with E-state index in [0.29, 0.717) is 0 Å². The molecule has 1 aliphatic heterocycles. The van der Waals surface area contributed by atoms with Gasteiger partial charge in [-0.15, -0.1) is 0 Å². The molecule has 2 atom stereocenters. The van der Waals surface area contributed by atoms with Crippen LogP contribution < -0.4 is 16.0 Å². The van der Waals surface area contributed by atoms with E-state index < -0.39 is 0 Å². The van der Waals surface area contributed by atoms with Gasteiger partial charge in [0, 0.05) is 12.2 Å². The largest absolute Gasteiger partial charge is 0.496 e. The zero-order chi connectivity index (χ0) is 12.3. The number of nitrogens with two attached hydrogens (primary N) is 1. The second-order valence-electron chi connectivity index (χ2n) is 4.44. The van der Waals surface area contributed by atoms with Gasteiger partial charge in [0.15, 0.2) is 0 Å². The molecule has 2 rings (SSSR count). The molecule has 0 saturated carbocycles. The molecule has 4 heteroatoms. The van der Waals surface area contributed by atoms with Gasteiger partial charge >= 0.3 is 0 Å². The molecule has 94 valence electrons. The minimum absolute atomic E-state index is 0.00708. The fraction of sp³-hybridized carbons (Fsp3) is 0.538. The molecule has 0 radical (unpaired) electrons. The van der Waals surface area contributed by atoms with E-state index in [1.54, 1.807) is 7.11 Å². The molecule has 1 heterocycles. The second kappa shape index (κ2) is 5.49. The summed E-state index contributed by atoms with van der Waals surface area (Å²) in [5, 5.41) is 0. The Hall–Kier alpha value is -1.10. The van der Waals surface area contributed by atoms with Crippen molar-refractivity contribution in [2.24, 2.45) is 5.84 Å². The minimum Gasteiger partial charge on any atom is -0.496 e. The number of methoxy groups -OCH3 is 1. The predicted molar refractivity (Wildman–Crippen MR) is 66.8 cm³/mol. The van der Waals surface area contributed by atoms with Gasteiger partial charge in [0.25, 0.3) is 0 Å². The average molecular weight is 236 g/mol. The molecule has 0 aromatic heterocycles. The first-order valence-corrected chi connectivity index (χ1v) is 5.98. The van der Waals surface area contributed by atoms with E-state index in [-0.39, 0.29) is 12.1 Å². The average Bonchev–Trinajstić information content (AvgIpc) is 2.84. The number of nitrogens with one attached hydrogen (secondary N) is 1. The van der Waals surface area contributed by atoms with Crippen molar-refractivity contribution in [1.82, 2.24) is 5.43 Å². The van der Waals surface area contributed by atoms with Gasteiger partial charge in [0.2, 0.25) is 0 Å². The maximum Gasteiger partial charge on any atom is 0.123 e. The molecule has 3 N–H and O–H groups in total. The highest BCUT2D eigenvalue weighted by atomic mass is 16.5. The van der Waals surface area contributed by atoms with Gasteiger partial charge in [-0.3, -0.25) is 11.3 Å². The van der Waals surface area contributed by atoms with Crippen molar-refractivity contribution >= 4 is 0 Å². The van der Waals surface area contributed by atoms with Crippen molar-refractivity contribution in [3.8, 4) is 5.75 Å². The highest BCUT2D eigenvalue weighted by Gasteiger charge is 2.28. The lowest BCUT2D eigenvalue weighted by Gasteiger charge is -2.24. The van der Waals surface area contributed by atoms with Crippen LogP contribution in [0.3, 0.4) is 0 Å². The number of benzene rings is 1. The monoisotopic (exact) mass is 236 g/mol. The number of hydrogen-bond acceptors (Lipinski definition) is 4. The van der Waals surface area contributed by atoms with Crippen LogP contribution >= 0.6 is 0 Å². The Balaban J connectivity index is 2.31. The van der Waals surface area contributed by atoms with Crippen LogP contribution in [-0.2, 0) is 4.74 Å². The Bertz CT molecular complexity index is 376. The Morgan fingerprint density at radius 1 is 1.53 bits per heavy atom. The maximum absolute atomic E-state index is 5.70. The summed E-state index contributed by atoms with van der Waals surface area (Å²) in [5.74, 6) is 6.53. The molecule has 1 aromatic rings. The van der Waals surface area contributed by atoms with Crippen LogP contribution in [0.1, 0.15) is 30.0 Å². The summed E-state index contributed by atoms with van der Waals surface area (Å²) in [7, 11) is 1.68. The predicted octanol–water partition coefficient (Wildman–Crippen LogP) is 1.69. The molecule has 0 bridgehead atoms. The van der Waals surface area contributed by atoms with Crippen molar-refractivity contribution in [3.63, 3.8) is 0 Å². The third-order valence-electron chi connectivity index (χ3n) is 3.24. The van der Waals surface area contributed by atoms with Crippen molar-refractivity contribution in [2.45, 2.75) is 31.9 Å². The Morgan fingerprint density at radius 3 is 2.94 bits per heavy atom. The van der Waals surface area contributed by atoms with E-state index in [2.05, 4.69) is 18.4 Å². The van der Waals surface area contributed by atoms with Gasteiger partial charge in [-0.2, -0.15) is 0 Å².